The summed E-state index contributed by atoms with van der Waals surface area (Å²) in [7, 11) is 0. The largest absolute Gasteiger partial charge is 0.317 e. The van der Waals surface area contributed by atoms with E-state index in [1.807, 2.05) is 0 Å². The van der Waals surface area contributed by atoms with E-state index in [1.54, 1.807) is 0 Å². The van der Waals surface area contributed by atoms with Gasteiger partial charge in [0.1, 0.15) is 0 Å². The highest BCUT2D eigenvalue weighted by Crippen LogP contribution is 2.27. The van der Waals surface area contributed by atoms with Crippen LogP contribution in [-0.2, 0) is 0 Å². The van der Waals surface area contributed by atoms with E-state index in [2.05, 4.69) is 24.1 Å². The zero-order valence-electron chi connectivity index (χ0n) is 11.3. The average Bonchev–Trinajstić information content (AvgIpc) is 2.25. The fraction of sp³-hybridized carbons (Fsp3) is 1.00. The van der Waals surface area contributed by atoms with Crippen LogP contribution in [0.25, 0.3) is 0 Å². The maximum Gasteiger partial charge on any atom is 0.000954 e. The standard InChI is InChI=1S/C14H30N2/c1-3-15-11-6-5-7-12-16(4-2)13-14-9-8-10-14/h14-15H,3-13H2,1-2H3. The van der Waals surface area contributed by atoms with E-state index >= 15 is 0 Å². The molecule has 0 aromatic heterocycles. The molecule has 0 saturated heterocycles. The minimum absolute atomic E-state index is 1.03. The first kappa shape index (κ1) is 14.0. The molecule has 1 N–H and O–H groups in total. The van der Waals surface area contributed by atoms with Crippen molar-refractivity contribution in [2.75, 3.05) is 32.7 Å². The monoisotopic (exact) mass is 226 g/mol. The molecule has 1 aliphatic carbocycles. The van der Waals surface area contributed by atoms with Crippen molar-refractivity contribution in [2.45, 2.75) is 52.4 Å². The number of nitrogens with one attached hydrogen (secondary N) is 1. The second kappa shape index (κ2) is 9.00. The highest BCUT2D eigenvalue weighted by Gasteiger charge is 2.19. The molecule has 0 spiro atoms. The van der Waals surface area contributed by atoms with Gasteiger partial charge in [-0.25, -0.2) is 0 Å². The summed E-state index contributed by atoms with van der Waals surface area (Å²) in [5, 5.41) is 3.39. The first-order valence-corrected chi connectivity index (χ1v) is 7.29. The molecule has 1 rings (SSSR count). The van der Waals surface area contributed by atoms with Crippen LogP contribution >= 0.6 is 0 Å². The average molecular weight is 226 g/mol. The fourth-order valence-electron chi connectivity index (χ4n) is 2.36. The van der Waals surface area contributed by atoms with E-state index in [0.29, 0.717) is 0 Å². The maximum absolute atomic E-state index is 3.39. The Morgan fingerprint density at radius 3 is 2.50 bits per heavy atom. The van der Waals surface area contributed by atoms with Crippen molar-refractivity contribution < 1.29 is 0 Å². The third-order valence-corrected chi connectivity index (χ3v) is 3.77. The highest BCUT2D eigenvalue weighted by atomic mass is 15.1. The Labute approximate surface area is 102 Å². The summed E-state index contributed by atoms with van der Waals surface area (Å²) in [5.41, 5.74) is 0. The van der Waals surface area contributed by atoms with Crippen LogP contribution in [0, 0.1) is 5.92 Å². The Morgan fingerprint density at radius 1 is 1.12 bits per heavy atom. The van der Waals surface area contributed by atoms with E-state index in [9.17, 15) is 0 Å². The first-order valence-electron chi connectivity index (χ1n) is 7.29. The lowest BCUT2D eigenvalue weighted by Gasteiger charge is -2.31. The Balaban J connectivity index is 1.91. The number of hydrogen-bond donors (Lipinski definition) is 1. The molecule has 0 aromatic rings. The van der Waals surface area contributed by atoms with E-state index in [0.717, 1.165) is 12.5 Å². The summed E-state index contributed by atoms with van der Waals surface area (Å²) in [6.07, 6.45) is 8.55. The van der Waals surface area contributed by atoms with Crippen molar-refractivity contribution in [1.82, 2.24) is 10.2 Å². The van der Waals surface area contributed by atoms with E-state index in [-0.39, 0.29) is 0 Å². The molecule has 0 aliphatic heterocycles. The molecule has 0 unspecified atom stereocenters. The molecule has 0 amide bonds. The summed E-state index contributed by atoms with van der Waals surface area (Å²) < 4.78 is 0. The van der Waals surface area contributed by atoms with Crippen molar-refractivity contribution in [2.24, 2.45) is 5.92 Å². The van der Waals surface area contributed by atoms with Crippen LogP contribution in [0.3, 0.4) is 0 Å². The van der Waals surface area contributed by atoms with Gasteiger partial charge >= 0.3 is 0 Å². The van der Waals surface area contributed by atoms with Gasteiger partial charge in [-0.05, 0) is 57.8 Å². The smallest absolute Gasteiger partial charge is 0.000954 e. The third-order valence-electron chi connectivity index (χ3n) is 3.77. The Kier molecular flexibility index (Phi) is 7.87. The fourth-order valence-corrected chi connectivity index (χ4v) is 2.36. The van der Waals surface area contributed by atoms with E-state index < -0.39 is 0 Å². The lowest BCUT2D eigenvalue weighted by atomic mass is 9.85. The predicted octanol–water partition coefficient (Wildman–Crippen LogP) is 2.89. The van der Waals surface area contributed by atoms with Crippen LogP contribution in [0.15, 0.2) is 0 Å². The van der Waals surface area contributed by atoms with E-state index in [4.69, 9.17) is 0 Å². The van der Waals surface area contributed by atoms with Crippen LogP contribution in [0.1, 0.15) is 52.4 Å². The summed E-state index contributed by atoms with van der Waals surface area (Å²) in [6, 6.07) is 0. The summed E-state index contributed by atoms with van der Waals surface area (Å²) in [4.78, 5) is 2.65. The van der Waals surface area contributed by atoms with Crippen molar-refractivity contribution >= 4 is 0 Å². The second-order valence-electron chi connectivity index (χ2n) is 5.10. The molecule has 2 nitrogen and oxygen atoms in total. The lowest BCUT2D eigenvalue weighted by molar-refractivity contribution is 0.181. The number of nitrogens with zero attached hydrogens (tertiary/aromatic N) is 1. The van der Waals surface area contributed by atoms with Gasteiger partial charge in [0.15, 0.2) is 0 Å². The maximum atomic E-state index is 3.39. The van der Waals surface area contributed by atoms with Gasteiger partial charge in [-0.1, -0.05) is 26.7 Å². The molecule has 0 heterocycles. The quantitative estimate of drug-likeness (QED) is 0.576. The Hall–Kier alpha value is -0.0800. The molecule has 0 atom stereocenters. The van der Waals surface area contributed by atoms with Crippen molar-refractivity contribution in [3.63, 3.8) is 0 Å². The SMILES string of the molecule is CCNCCCCCN(CC)CC1CCC1. The first-order chi connectivity index (χ1) is 7.86. The molecular formula is C14H30N2. The Morgan fingerprint density at radius 2 is 1.94 bits per heavy atom. The highest BCUT2D eigenvalue weighted by molar-refractivity contribution is 4.73. The molecule has 1 aliphatic rings. The predicted molar refractivity (Wildman–Crippen MR) is 71.8 cm³/mol. The molecule has 96 valence electrons. The zero-order valence-corrected chi connectivity index (χ0v) is 11.3. The summed E-state index contributed by atoms with van der Waals surface area (Å²) in [5.74, 6) is 1.03. The minimum Gasteiger partial charge on any atom is -0.317 e. The zero-order chi connectivity index (χ0) is 11.6. The molecule has 1 fully saturated rings. The van der Waals surface area contributed by atoms with E-state index in [1.165, 1.54) is 64.7 Å². The van der Waals surface area contributed by atoms with Gasteiger partial charge in [0, 0.05) is 6.54 Å². The minimum atomic E-state index is 1.03. The van der Waals surface area contributed by atoms with Gasteiger partial charge in [0.05, 0.1) is 0 Å². The van der Waals surface area contributed by atoms with Gasteiger partial charge in [-0.3, -0.25) is 0 Å². The van der Waals surface area contributed by atoms with Crippen molar-refractivity contribution in [3.05, 3.63) is 0 Å². The summed E-state index contributed by atoms with van der Waals surface area (Å²) >= 11 is 0. The number of unbranched alkanes of at least 4 members (excludes halogenated alkanes) is 2. The lowest BCUT2D eigenvalue weighted by Crippen LogP contribution is -2.33. The van der Waals surface area contributed by atoms with Gasteiger partial charge in [0.25, 0.3) is 0 Å². The van der Waals surface area contributed by atoms with Crippen LogP contribution in [0.5, 0.6) is 0 Å². The number of hydrogen-bond acceptors (Lipinski definition) is 2. The van der Waals surface area contributed by atoms with Gasteiger partial charge in [0.2, 0.25) is 0 Å². The molecule has 1 saturated carbocycles. The van der Waals surface area contributed by atoms with Crippen molar-refractivity contribution in [1.29, 1.82) is 0 Å². The second-order valence-corrected chi connectivity index (χ2v) is 5.10. The Bertz CT molecular complexity index is 155. The van der Waals surface area contributed by atoms with Gasteiger partial charge < -0.3 is 10.2 Å². The van der Waals surface area contributed by atoms with Crippen LogP contribution < -0.4 is 5.32 Å². The van der Waals surface area contributed by atoms with Gasteiger partial charge in [-0.15, -0.1) is 0 Å². The third kappa shape index (κ3) is 5.86. The van der Waals surface area contributed by atoms with Crippen LogP contribution in [0.2, 0.25) is 0 Å². The molecule has 2 heteroatoms. The molecular weight excluding hydrogens is 196 g/mol. The van der Waals surface area contributed by atoms with Gasteiger partial charge in [-0.2, -0.15) is 0 Å². The molecule has 0 aromatic carbocycles. The van der Waals surface area contributed by atoms with Crippen LogP contribution in [0.4, 0.5) is 0 Å². The summed E-state index contributed by atoms with van der Waals surface area (Å²) in [6.45, 7) is 10.7. The van der Waals surface area contributed by atoms with Crippen LogP contribution in [-0.4, -0.2) is 37.6 Å². The topological polar surface area (TPSA) is 15.3 Å². The number of rotatable bonds is 10. The molecule has 0 bridgehead atoms. The normalized spacial score (nSPS) is 16.7. The van der Waals surface area contributed by atoms with Crippen molar-refractivity contribution in [3.8, 4) is 0 Å². The molecule has 16 heavy (non-hydrogen) atoms. The molecule has 0 radical (unpaired) electrons.